The van der Waals surface area contributed by atoms with Crippen LogP contribution < -0.4 is 5.32 Å². The first-order valence-electron chi connectivity index (χ1n) is 5.68. The van der Waals surface area contributed by atoms with Crippen molar-refractivity contribution in [1.29, 1.82) is 0 Å². The van der Waals surface area contributed by atoms with Crippen LogP contribution in [-0.4, -0.2) is 16.7 Å². The van der Waals surface area contributed by atoms with Gasteiger partial charge in [-0.25, -0.2) is 8.78 Å². The molecule has 1 N–H and O–H groups in total. The maximum absolute atomic E-state index is 13.8. The van der Waals surface area contributed by atoms with Crippen molar-refractivity contribution in [2.24, 2.45) is 0 Å². The van der Waals surface area contributed by atoms with Crippen LogP contribution in [0.1, 0.15) is 24.1 Å². The minimum Gasteiger partial charge on any atom is -0.306 e. The second kappa shape index (κ2) is 5.64. The van der Waals surface area contributed by atoms with Crippen LogP contribution in [0.3, 0.4) is 0 Å². The second-order valence-electron chi connectivity index (χ2n) is 3.81. The van der Waals surface area contributed by atoms with E-state index >= 15 is 0 Å². The van der Waals surface area contributed by atoms with E-state index in [9.17, 15) is 8.78 Å². The van der Waals surface area contributed by atoms with Crippen LogP contribution in [0.5, 0.6) is 0 Å². The van der Waals surface area contributed by atoms with Crippen LogP contribution in [0.15, 0.2) is 36.7 Å². The number of nitrogens with zero attached hydrogens (tertiary/aromatic N) is 2. The molecule has 0 aliphatic rings. The van der Waals surface area contributed by atoms with Crippen molar-refractivity contribution in [3.05, 3.63) is 59.4 Å². The first-order chi connectivity index (χ1) is 8.74. The molecule has 1 aromatic carbocycles. The molecule has 0 aliphatic carbocycles. The summed E-state index contributed by atoms with van der Waals surface area (Å²) in [5, 5.41) is 10.5. The normalized spacial score (nSPS) is 12.4. The SMILES string of the molecule is CCNC(c1ccnnc1)c1cccc(F)c1F. The molecule has 0 amide bonds. The molecule has 94 valence electrons. The topological polar surface area (TPSA) is 37.8 Å². The van der Waals surface area contributed by atoms with Gasteiger partial charge in [0.15, 0.2) is 11.6 Å². The molecule has 5 heteroatoms. The van der Waals surface area contributed by atoms with Crippen molar-refractivity contribution in [3.63, 3.8) is 0 Å². The average molecular weight is 249 g/mol. The maximum Gasteiger partial charge on any atom is 0.163 e. The molecule has 18 heavy (non-hydrogen) atoms. The summed E-state index contributed by atoms with van der Waals surface area (Å²) in [6.07, 6.45) is 3.06. The van der Waals surface area contributed by atoms with E-state index in [2.05, 4.69) is 15.5 Å². The van der Waals surface area contributed by atoms with E-state index in [1.54, 1.807) is 12.1 Å². The molecule has 1 atom stereocenters. The molecule has 0 aliphatic heterocycles. The van der Waals surface area contributed by atoms with Gasteiger partial charge in [0.25, 0.3) is 0 Å². The Bertz CT molecular complexity index is 517. The Labute approximate surface area is 104 Å². The van der Waals surface area contributed by atoms with E-state index in [0.717, 1.165) is 11.6 Å². The summed E-state index contributed by atoms with van der Waals surface area (Å²) in [5.74, 6) is -1.68. The zero-order valence-corrected chi connectivity index (χ0v) is 9.90. The molecule has 0 saturated carbocycles. The quantitative estimate of drug-likeness (QED) is 0.904. The minimum atomic E-state index is -0.850. The summed E-state index contributed by atoms with van der Waals surface area (Å²) in [6, 6.07) is 5.46. The molecular formula is C13H13F2N3. The highest BCUT2D eigenvalue weighted by Gasteiger charge is 2.19. The predicted molar refractivity (Wildman–Crippen MR) is 63.9 cm³/mol. The summed E-state index contributed by atoms with van der Waals surface area (Å²) in [6.45, 7) is 2.53. The smallest absolute Gasteiger partial charge is 0.163 e. The highest BCUT2D eigenvalue weighted by Crippen LogP contribution is 2.24. The standard InChI is InChI=1S/C13H13F2N3/c1-2-16-13(9-6-7-17-18-8-9)10-4-3-5-11(14)12(10)15/h3-8,13,16H,2H2,1H3. The lowest BCUT2D eigenvalue weighted by molar-refractivity contribution is 0.482. The second-order valence-corrected chi connectivity index (χ2v) is 3.81. The Kier molecular flexibility index (Phi) is 3.94. The number of benzene rings is 1. The van der Waals surface area contributed by atoms with Crippen LogP contribution in [0.25, 0.3) is 0 Å². The van der Waals surface area contributed by atoms with E-state index in [4.69, 9.17) is 0 Å². The van der Waals surface area contributed by atoms with Crippen LogP contribution in [-0.2, 0) is 0 Å². The van der Waals surface area contributed by atoms with Crippen LogP contribution in [0, 0.1) is 11.6 Å². The number of halogens is 2. The Morgan fingerprint density at radius 2 is 2.06 bits per heavy atom. The van der Waals surface area contributed by atoms with E-state index in [-0.39, 0.29) is 5.56 Å². The molecule has 0 spiro atoms. The van der Waals surface area contributed by atoms with E-state index in [1.165, 1.54) is 18.5 Å². The van der Waals surface area contributed by atoms with Gasteiger partial charge >= 0.3 is 0 Å². The number of hydrogen-bond donors (Lipinski definition) is 1. The van der Waals surface area contributed by atoms with E-state index < -0.39 is 17.7 Å². The zero-order valence-electron chi connectivity index (χ0n) is 9.90. The van der Waals surface area contributed by atoms with Gasteiger partial charge in [-0.05, 0) is 24.2 Å². The Hall–Kier alpha value is -1.88. The predicted octanol–water partition coefficient (Wildman–Crippen LogP) is 2.45. The first kappa shape index (κ1) is 12.6. The van der Waals surface area contributed by atoms with Gasteiger partial charge in [0.05, 0.1) is 12.2 Å². The van der Waals surface area contributed by atoms with E-state index in [1.807, 2.05) is 6.92 Å². The van der Waals surface area contributed by atoms with Gasteiger partial charge < -0.3 is 5.32 Å². The lowest BCUT2D eigenvalue weighted by Crippen LogP contribution is -2.23. The molecule has 2 rings (SSSR count). The number of nitrogens with one attached hydrogen (secondary N) is 1. The Morgan fingerprint density at radius 3 is 2.72 bits per heavy atom. The molecule has 1 unspecified atom stereocenters. The van der Waals surface area contributed by atoms with Crippen LogP contribution in [0.4, 0.5) is 8.78 Å². The van der Waals surface area contributed by atoms with Gasteiger partial charge in [0.2, 0.25) is 0 Å². The van der Waals surface area contributed by atoms with E-state index in [0.29, 0.717) is 6.54 Å². The molecule has 1 heterocycles. The summed E-state index contributed by atoms with van der Waals surface area (Å²) in [7, 11) is 0. The van der Waals surface area contributed by atoms with Gasteiger partial charge in [0.1, 0.15) is 0 Å². The third kappa shape index (κ3) is 2.51. The third-order valence-corrected chi connectivity index (χ3v) is 2.64. The summed E-state index contributed by atoms with van der Waals surface area (Å²) in [4.78, 5) is 0. The van der Waals surface area contributed by atoms with Gasteiger partial charge in [-0.3, -0.25) is 0 Å². The lowest BCUT2D eigenvalue weighted by atomic mass is 10.00. The third-order valence-electron chi connectivity index (χ3n) is 2.64. The zero-order chi connectivity index (χ0) is 13.0. The number of rotatable bonds is 4. The number of hydrogen-bond acceptors (Lipinski definition) is 3. The fraction of sp³-hybridized carbons (Fsp3) is 0.231. The average Bonchev–Trinajstić information content (AvgIpc) is 2.41. The summed E-state index contributed by atoms with van der Waals surface area (Å²) < 4.78 is 27.1. The van der Waals surface area contributed by atoms with Crippen molar-refractivity contribution < 1.29 is 8.78 Å². The molecular weight excluding hydrogens is 236 g/mol. The molecule has 0 saturated heterocycles. The highest BCUT2D eigenvalue weighted by atomic mass is 19.2. The molecule has 0 radical (unpaired) electrons. The van der Waals surface area contributed by atoms with Crippen LogP contribution in [0.2, 0.25) is 0 Å². The maximum atomic E-state index is 13.8. The monoisotopic (exact) mass is 249 g/mol. The minimum absolute atomic E-state index is 0.268. The molecule has 2 aromatic rings. The lowest BCUT2D eigenvalue weighted by Gasteiger charge is -2.19. The summed E-state index contributed by atoms with van der Waals surface area (Å²) in [5.41, 5.74) is 1.02. The largest absolute Gasteiger partial charge is 0.306 e. The van der Waals surface area contributed by atoms with Crippen LogP contribution >= 0.6 is 0 Å². The van der Waals surface area contributed by atoms with Gasteiger partial charge in [-0.15, -0.1) is 0 Å². The first-order valence-corrected chi connectivity index (χ1v) is 5.68. The van der Waals surface area contributed by atoms with Crippen molar-refractivity contribution in [1.82, 2.24) is 15.5 Å². The van der Waals surface area contributed by atoms with Crippen molar-refractivity contribution in [2.75, 3.05) is 6.54 Å². The van der Waals surface area contributed by atoms with Gasteiger partial charge in [-0.1, -0.05) is 19.1 Å². The van der Waals surface area contributed by atoms with Crippen molar-refractivity contribution in [2.45, 2.75) is 13.0 Å². The highest BCUT2D eigenvalue weighted by molar-refractivity contribution is 5.31. The fourth-order valence-corrected chi connectivity index (χ4v) is 1.83. The molecule has 3 nitrogen and oxygen atoms in total. The number of aromatic nitrogens is 2. The van der Waals surface area contributed by atoms with Gasteiger partial charge in [-0.2, -0.15) is 10.2 Å². The van der Waals surface area contributed by atoms with Gasteiger partial charge in [0, 0.05) is 11.8 Å². The summed E-state index contributed by atoms with van der Waals surface area (Å²) >= 11 is 0. The molecule has 0 bridgehead atoms. The Balaban J connectivity index is 2.45. The van der Waals surface area contributed by atoms with Crippen molar-refractivity contribution >= 4 is 0 Å². The Morgan fingerprint density at radius 1 is 1.22 bits per heavy atom. The van der Waals surface area contributed by atoms with Crippen molar-refractivity contribution in [3.8, 4) is 0 Å². The molecule has 1 aromatic heterocycles. The fourth-order valence-electron chi connectivity index (χ4n) is 1.83. The molecule has 0 fully saturated rings.